The third-order valence-corrected chi connectivity index (χ3v) is 4.65. The Morgan fingerprint density at radius 2 is 1.96 bits per heavy atom. The number of amides is 1. The molecule has 0 saturated carbocycles. The maximum atomic E-state index is 13.3. The van der Waals surface area contributed by atoms with E-state index in [1.807, 2.05) is 19.1 Å². The summed E-state index contributed by atoms with van der Waals surface area (Å²) in [5.41, 5.74) is 3.12. The predicted octanol–water partition coefficient (Wildman–Crippen LogP) is 4.82. The lowest BCUT2D eigenvalue weighted by Crippen LogP contribution is -2.09. The van der Waals surface area contributed by atoms with Gasteiger partial charge in [-0.1, -0.05) is 20.8 Å². The molecular weight excluding hydrogens is 359 g/mol. The first-order chi connectivity index (χ1) is 13.2. The van der Waals surface area contributed by atoms with Crippen LogP contribution in [0, 0.1) is 12.7 Å². The second-order valence-corrected chi connectivity index (χ2v) is 7.84. The number of aryl methyl sites for hydroxylation is 1. The molecule has 144 valence electrons. The number of nitrogens with zero attached hydrogens (tertiary/aromatic N) is 1. The Balaban J connectivity index is 1.58. The van der Waals surface area contributed by atoms with Crippen LogP contribution in [0.2, 0.25) is 0 Å². The molecule has 6 nitrogen and oxygen atoms in total. The molecule has 3 N–H and O–H groups in total. The number of anilines is 2. The summed E-state index contributed by atoms with van der Waals surface area (Å²) in [5, 5.41) is 13.0. The Morgan fingerprint density at radius 3 is 2.68 bits per heavy atom. The van der Waals surface area contributed by atoms with Crippen molar-refractivity contribution in [3.05, 3.63) is 59.4 Å². The molecule has 4 rings (SSSR count). The van der Waals surface area contributed by atoms with E-state index in [9.17, 15) is 9.18 Å². The van der Waals surface area contributed by atoms with E-state index in [0.29, 0.717) is 22.6 Å². The molecule has 1 aromatic carbocycles. The van der Waals surface area contributed by atoms with Crippen LogP contribution in [0.3, 0.4) is 0 Å². The van der Waals surface area contributed by atoms with Gasteiger partial charge in [0.05, 0.1) is 17.0 Å². The fourth-order valence-corrected chi connectivity index (χ4v) is 3.10. The van der Waals surface area contributed by atoms with E-state index < -0.39 is 5.82 Å². The number of H-pyrrole nitrogens is 1. The Labute approximate surface area is 161 Å². The van der Waals surface area contributed by atoms with Crippen molar-refractivity contribution < 1.29 is 13.6 Å². The maximum Gasteiger partial charge on any atom is 0.257 e. The number of nitrogens with one attached hydrogen (secondary N) is 3. The zero-order valence-corrected chi connectivity index (χ0v) is 16.1. The van der Waals surface area contributed by atoms with Gasteiger partial charge in [-0.15, -0.1) is 0 Å². The Bertz CT molecular complexity index is 1100. The number of aromatic amines is 1. The van der Waals surface area contributed by atoms with Gasteiger partial charge in [0.25, 0.3) is 5.91 Å². The van der Waals surface area contributed by atoms with Gasteiger partial charge in [-0.05, 0) is 31.2 Å². The third kappa shape index (κ3) is 3.19. The Morgan fingerprint density at radius 1 is 1.18 bits per heavy atom. The highest BCUT2D eigenvalue weighted by Crippen LogP contribution is 2.34. The van der Waals surface area contributed by atoms with Crippen molar-refractivity contribution in [2.75, 3.05) is 10.6 Å². The standard InChI is InChI=1S/C21H21FN4O2/c1-11-14(8-18(28-11)21(2,3)4)17-9-19(26-25-17)23-10-15-13-6-5-12(22)7-16(13)24-20(15)27/h5-10H,1-4H3,(H,24,27)(H2,23,25,26)/b15-10+. The first kappa shape index (κ1) is 18.0. The van der Waals surface area contributed by atoms with Crippen LogP contribution in [0.25, 0.3) is 16.8 Å². The fourth-order valence-electron chi connectivity index (χ4n) is 3.10. The van der Waals surface area contributed by atoms with E-state index in [4.69, 9.17) is 4.42 Å². The minimum atomic E-state index is -0.392. The second kappa shape index (κ2) is 6.37. The van der Waals surface area contributed by atoms with Crippen molar-refractivity contribution in [3.63, 3.8) is 0 Å². The van der Waals surface area contributed by atoms with E-state index in [2.05, 4.69) is 41.6 Å². The van der Waals surface area contributed by atoms with E-state index >= 15 is 0 Å². The van der Waals surface area contributed by atoms with Crippen LogP contribution in [0.15, 0.2) is 40.9 Å². The maximum absolute atomic E-state index is 13.3. The lowest BCUT2D eigenvalue weighted by atomic mass is 9.93. The first-order valence-corrected chi connectivity index (χ1v) is 8.97. The lowest BCUT2D eigenvalue weighted by molar-refractivity contribution is -0.110. The molecule has 28 heavy (non-hydrogen) atoms. The quantitative estimate of drug-likeness (QED) is 0.569. The number of carbonyl (C=O) groups is 1. The smallest absolute Gasteiger partial charge is 0.257 e. The van der Waals surface area contributed by atoms with Crippen molar-refractivity contribution in [2.45, 2.75) is 33.1 Å². The van der Waals surface area contributed by atoms with Gasteiger partial charge in [0.15, 0.2) is 0 Å². The summed E-state index contributed by atoms with van der Waals surface area (Å²) in [6.07, 6.45) is 1.58. The van der Waals surface area contributed by atoms with Gasteiger partial charge < -0.3 is 15.1 Å². The highest BCUT2D eigenvalue weighted by Gasteiger charge is 2.25. The minimum absolute atomic E-state index is 0.0898. The molecule has 0 atom stereocenters. The van der Waals surface area contributed by atoms with Crippen LogP contribution in [0.4, 0.5) is 15.9 Å². The molecule has 0 spiro atoms. The first-order valence-electron chi connectivity index (χ1n) is 8.97. The monoisotopic (exact) mass is 380 g/mol. The van der Waals surface area contributed by atoms with Gasteiger partial charge in [0, 0.05) is 28.8 Å². The van der Waals surface area contributed by atoms with Crippen molar-refractivity contribution in [3.8, 4) is 11.3 Å². The lowest BCUT2D eigenvalue weighted by Gasteiger charge is -2.13. The molecule has 2 aromatic heterocycles. The van der Waals surface area contributed by atoms with E-state index in [-0.39, 0.29) is 11.3 Å². The predicted molar refractivity (Wildman–Crippen MR) is 106 cm³/mol. The molecule has 1 aliphatic heterocycles. The average molecular weight is 380 g/mol. The van der Waals surface area contributed by atoms with Gasteiger partial charge in [0.1, 0.15) is 23.2 Å². The van der Waals surface area contributed by atoms with Crippen LogP contribution in [-0.4, -0.2) is 16.1 Å². The molecular formula is C21H21FN4O2. The Kier molecular flexibility index (Phi) is 4.10. The van der Waals surface area contributed by atoms with Crippen LogP contribution in [-0.2, 0) is 10.2 Å². The third-order valence-electron chi connectivity index (χ3n) is 4.65. The van der Waals surface area contributed by atoms with Crippen LogP contribution < -0.4 is 10.6 Å². The molecule has 0 radical (unpaired) electrons. The van der Waals surface area contributed by atoms with Gasteiger partial charge in [-0.3, -0.25) is 9.89 Å². The number of rotatable bonds is 3. The molecule has 0 aliphatic carbocycles. The van der Waals surface area contributed by atoms with Crippen molar-refractivity contribution >= 4 is 23.0 Å². The van der Waals surface area contributed by atoms with Gasteiger partial charge in [0.2, 0.25) is 0 Å². The zero-order chi connectivity index (χ0) is 20.1. The molecule has 3 heterocycles. The molecule has 0 unspecified atom stereocenters. The van der Waals surface area contributed by atoms with Crippen molar-refractivity contribution in [1.29, 1.82) is 0 Å². The summed E-state index contributed by atoms with van der Waals surface area (Å²) in [6, 6.07) is 8.06. The average Bonchev–Trinajstić information content (AvgIpc) is 3.29. The number of carbonyl (C=O) groups excluding carboxylic acids is 1. The number of fused-ring (bicyclic) bond motifs is 1. The van der Waals surface area contributed by atoms with E-state index in [0.717, 1.165) is 22.8 Å². The summed E-state index contributed by atoms with van der Waals surface area (Å²) >= 11 is 0. The number of hydrogen-bond acceptors (Lipinski definition) is 4. The fraction of sp³-hybridized carbons (Fsp3) is 0.238. The molecule has 0 fully saturated rings. The Hall–Kier alpha value is -3.35. The van der Waals surface area contributed by atoms with Crippen molar-refractivity contribution in [1.82, 2.24) is 10.2 Å². The topological polar surface area (TPSA) is 83.0 Å². The molecule has 7 heteroatoms. The summed E-state index contributed by atoms with van der Waals surface area (Å²) in [5.74, 6) is 1.65. The largest absolute Gasteiger partial charge is 0.465 e. The SMILES string of the molecule is Cc1oc(C(C)(C)C)cc1-c1cc(N/C=C2/C(=O)Nc3cc(F)ccc32)[nH]n1. The van der Waals surface area contributed by atoms with E-state index in [1.165, 1.54) is 12.1 Å². The zero-order valence-electron chi connectivity index (χ0n) is 16.1. The number of aromatic nitrogens is 2. The highest BCUT2D eigenvalue weighted by atomic mass is 19.1. The number of halogens is 1. The molecule has 0 bridgehead atoms. The van der Waals surface area contributed by atoms with Gasteiger partial charge in [-0.25, -0.2) is 4.39 Å². The summed E-state index contributed by atoms with van der Waals surface area (Å²) in [4.78, 5) is 12.2. The molecule has 1 aliphatic rings. The number of furan rings is 1. The van der Waals surface area contributed by atoms with Crippen LogP contribution >= 0.6 is 0 Å². The summed E-state index contributed by atoms with van der Waals surface area (Å²) in [7, 11) is 0. The van der Waals surface area contributed by atoms with Crippen LogP contribution in [0.5, 0.6) is 0 Å². The molecule has 3 aromatic rings. The number of benzene rings is 1. The normalized spacial score (nSPS) is 15.0. The van der Waals surface area contributed by atoms with Gasteiger partial charge >= 0.3 is 0 Å². The van der Waals surface area contributed by atoms with Gasteiger partial charge in [-0.2, -0.15) is 5.10 Å². The number of hydrogen-bond donors (Lipinski definition) is 3. The van der Waals surface area contributed by atoms with Crippen LogP contribution in [0.1, 0.15) is 37.9 Å². The highest BCUT2D eigenvalue weighted by molar-refractivity contribution is 6.31. The molecule has 0 saturated heterocycles. The molecule has 1 amide bonds. The summed E-state index contributed by atoms with van der Waals surface area (Å²) < 4.78 is 19.2. The second-order valence-electron chi connectivity index (χ2n) is 7.84. The van der Waals surface area contributed by atoms with E-state index in [1.54, 1.807) is 12.3 Å². The minimum Gasteiger partial charge on any atom is -0.465 e. The summed E-state index contributed by atoms with van der Waals surface area (Å²) in [6.45, 7) is 8.19. The van der Waals surface area contributed by atoms with Crippen molar-refractivity contribution in [2.24, 2.45) is 0 Å².